The Kier molecular flexibility index (Phi) is 5.10. The fraction of sp³-hybridized carbons (Fsp3) is 0.462. The Hall–Kier alpha value is -1.42. The number of halogens is 1. The second-order valence-corrected chi connectivity index (χ2v) is 3.91. The molecule has 1 N–H and O–H groups in total. The molecule has 0 aliphatic carbocycles. The van der Waals surface area contributed by atoms with Crippen LogP contribution in [0.4, 0.5) is 4.39 Å². The zero-order valence-electron chi connectivity index (χ0n) is 10.4. The molecule has 0 amide bonds. The number of benzene rings is 1. The molecule has 0 bridgehead atoms. The summed E-state index contributed by atoms with van der Waals surface area (Å²) in [6.45, 7) is 4.52. The minimum absolute atomic E-state index is 0.349. The van der Waals surface area contributed by atoms with Gasteiger partial charge in [-0.25, -0.2) is 9.18 Å². The third-order valence-corrected chi connectivity index (χ3v) is 2.59. The molecule has 1 aromatic rings. The molecule has 4 heteroatoms. The summed E-state index contributed by atoms with van der Waals surface area (Å²) in [7, 11) is 1.33. The number of rotatable bonds is 5. The number of hydrogen-bond acceptors (Lipinski definition) is 3. The third-order valence-electron chi connectivity index (χ3n) is 2.59. The van der Waals surface area contributed by atoms with Crippen molar-refractivity contribution in [2.45, 2.75) is 26.3 Å². The average molecular weight is 239 g/mol. The minimum atomic E-state index is -0.601. The molecule has 0 radical (unpaired) electrons. The first kappa shape index (κ1) is 13.6. The first-order chi connectivity index (χ1) is 8.10. The van der Waals surface area contributed by atoms with E-state index in [-0.39, 0.29) is 5.82 Å². The van der Waals surface area contributed by atoms with E-state index in [4.69, 9.17) is 4.74 Å². The molecule has 0 fully saturated rings. The van der Waals surface area contributed by atoms with Crippen LogP contribution in [-0.2, 0) is 9.53 Å². The maximum atomic E-state index is 13.2. The van der Waals surface area contributed by atoms with Gasteiger partial charge >= 0.3 is 5.97 Å². The highest BCUT2D eigenvalue weighted by Gasteiger charge is 2.22. The van der Waals surface area contributed by atoms with Crippen LogP contribution in [0, 0.1) is 12.7 Å². The molecule has 0 aliphatic rings. The summed E-state index contributed by atoms with van der Waals surface area (Å²) in [5, 5.41) is 3.06. The van der Waals surface area contributed by atoms with Crippen molar-refractivity contribution >= 4 is 5.97 Å². The number of nitrogens with one attached hydrogen (secondary N) is 1. The molecule has 1 unspecified atom stereocenters. The van der Waals surface area contributed by atoms with Gasteiger partial charge in [0.25, 0.3) is 0 Å². The average Bonchev–Trinajstić information content (AvgIpc) is 2.33. The highest BCUT2D eigenvalue weighted by Crippen LogP contribution is 2.20. The quantitative estimate of drug-likeness (QED) is 0.801. The van der Waals surface area contributed by atoms with Gasteiger partial charge in [-0.2, -0.15) is 0 Å². The fourth-order valence-electron chi connectivity index (χ4n) is 1.65. The molecule has 0 saturated heterocycles. The lowest BCUT2D eigenvalue weighted by molar-refractivity contribution is -0.143. The van der Waals surface area contributed by atoms with Gasteiger partial charge in [-0.05, 0) is 43.1 Å². The van der Waals surface area contributed by atoms with E-state index < -0.39 is 12.0 Å². The first-order valence-corrected chi connectivity index (χ1v) is 5.67. The number of methoxy groups -OCH3 is 1. The molecular formula is C13H18FNO2. The van der Waals surface area contributed by atoms with Crippen molar-refractivity contribution in [3.8, 4) is 0 Å². The van der Waals surface area contributed by atoms with E-state index in [9.17, 15) is 9.18 Å². The lowest BCUT2D eigenvalue weighted by atomic mass is 10.0. The van der Waals surface area contributed by atoms with Crippen LogP contribution in [-0.4, -0.2) is 19.6 Å². The van der Waals surface area contributed by atoms with Gasteiger partial charge in [-0.1, -0.05) is 13.0 Å². The number of ether oxygens (including phenoxy) is 1. The number of aryl methyl sites for hydroxylation is 1. The Bertz CT molecular complexity index is 393. The molecule has 1 atom stereocenters. The van der Waals surface area contributed by atoms with E-state index >= 15 is 0 Å². The van der Waals surface area contributed by atoms with Crippen LogP contribution < -0.4 is 5.32 Å². The van der Waals surface area contributed by atoms with Crippen LogP contribution >= 0.6 is 0 Å². The van der Waals surface area contributed by atoms with Crippen molar-refractivity contribution in [2.75, 3.05) is 13.7 Å². The predicted octanol–water partition coefficient (Wildman–Crippen LogP) is 2.35. The molecule has 1 aromatic carbocycles. The summed E-state index contributed by atoms with van der Waals surface area (Å²) in [4.78, 5) is 11.7. The highest BCUT2D eigenvalue weighted by atomic mass is 19.1. The molecule has 94 valence electrons. The number of carbonyl (C=O) groups is 1. The zero-order chi connectivity index (χ0) is 12.8. The topological polar surface area (TPSA) is 38.3 Å². The predicted molar refractivity (Wildman–Crippen MR) is 64.2 cm³/mol. The van der Waals surface area contributed by atoms with E-state index in [1.807, 2.05) is 13.8 Å². The monoisotopic (exact) mass is 239 g/mol. The Morgan fingerprint density at radius 2 is 2.24 bits per heavy atom. The van der Waals surface area contributed by atoms with Crippen molar-refractivity contribution < 1.29 is 13.9 Å². The molecule has 0 spiro atoms. The van der Waals surface area contributed by atoms with Crippen LogP contribution in [0.3, 0.4) is 0 Å². The summed E-state index contributed by atoms with van der Waals surface area (Å²) >= 11 is 0. The van der Waals surface area contributed by atoms with Crippen LogP contribution in [0.5, 0.6) is 0 Å². The van der Waals surface area contributed by atoms with Crippen LogP contribution in [0.1, 0.15) is 30.5 Å². The van der Waals surface area contributed by atoms with E-state index in [1.54, 1.807) is 6.07 Å². The molecule has 1 rings (SSSR count). The molecule has 3 nitrogen and oxygen atoms in total. The van der Waals surface area contributed by atoms with E-state index in [1.165, 1.54) is 19.2 Å². The SMILES string of the molecule is CCCNC(C(=O)OC)c1cc(F)ccc1C. The van der Waals surface area contributed by atoms with Crippen molar-refractivity contribution in [2.24, 2.45) is 0 Å². The van der Waals surface area contributed by atoms with E-state index in [2.05, 4.69) is 5.32 Å². The van der Waals surface area contributed by atoms with Crippen molar-refractivity contribution in [3.05, 3.63) is 35.1 Å². The second kappa shape index (κ2) is 6.35. The van der Waals surface area contributed by atoms with Gasteiger partial charge in [0.05, 0.1) is 7.11 Å². The molecular weight excluding hydrogens is 221 g/mol. The maximum Gasteiger partial charge on any atom is 0.327 e. The van der Waals surface area contributed by atoms with Gasteiger partial charge in [0.15, 0.2) is 0 Å². The van der Waals surface area contributed by atoms with Gasteiger partial charge in [-0.3, -0.25) is 0 Å². The fourth-order valence-corrected chi connectivity index (χ4v) is 1.65. The summed E-state index contributed by atoms with van der Waals surface area (Å²) in [6.07, 6.45) is 0.891. The Balaban J connectivity index is 3.02. The van der Waals surface area contributed by atoms with Crippen molar-refractivity contribution in [1.29, 1.82) is 0 Å². The summed E-state index contributed by atoms with van der Waals surface area (Å²) in [6, 6.07) is 3.82. The number of hydrogen-bond donors (Lipinski definition) is 1. The van der Waals surface area contributed by atoms with Crippen LogP contribution in [0.15, 0.2) is 18.2 Å². The first-order valence-electron chi connectivity index (χ1n) is 5.67. The van der Waals surface area contributed by atoms with E-state index in [0.29, 0.717) is 12.1 Å². The Morgan fingerprint density at radius 3 is 2.82 bits per heavy atom. The number of esters is 1. The summed E-state index contributed by atoms with van der Waals surface area (Å²) in [5.41, 5.74) is 1.50. The Morgan fingerprint density at radius 1 is 1.53 bits per heavy atom. The zero-order valence-corrected chi connectivity index (χ0v) is 10.4. The molecule has 0 aromatic heterocycles. The summed E-state index contributed by atoms with van der Waals surface area (Å²) in [5.74, 6) is -0.745. The standard InChI is InChI=1S/C13H18FNO2/c1-4-7-15-12(13(16)17-3)11-8-10(14)6-5-9(11)2/h5-6,8,12,15H,4,7H2,1-3H3. The van der Waals surface area contributed by atoms with Gasteiger partial charge < -0.3 is 10.1 Å². The second-order valence-electron chi connectivity index (χ2n) is 3.91. The van der Waals surface area contributed by atoms with Gasteiger partial charge in [0, 0.05) is 0 Å². The van der Waals surface area contributed by atoms with Crippen molar-refractivity contribution in [1.82, 2.24) is 5.32 Å². The van der Waals surface area contributed by atoms with Crippen LogP contribution in [0.2, 0.25) is 0 Å². The maximum absolute atomic E-state index is 13.2. The molecule has 0 aliphatic heterocycles. The smallest absolute Gasteiger partial charge is 0.327 e. The van der Waals surface area contributed by atoms with Gasteiger partial charge in [0.1, 0.15) is 11.9 Å². The molecule has 17 heavy (non-hydrogen) atoms. The third kappa shape index (κ3) is 3.53. The lowest BCUT2D eigenvalue weighted by Gasteiger charge is -2.18. The lowest BCUT2D eigenvalue weighted by Crippen LogP contribution is -2.30. The molecule has 0 saturated carbocycles. The molecule has 0 heterocycles. The highest BCUT2D eigenvalue weighted by molar-refractivity contribution is 5.78. The van der Waals surface area contributed by atoms with E-state index in [0.717, 1.165) is 12.0 Å². The normalized spacial score (nSPS) is 12.2. The van der Waals surface area contributed by atoms with Crippen LogP contribution in [0.25, 0.3) is 0 Å². The number of carbonyl (C=O) groups excluding carboxylic acids is 1. The summed E-state index contributed by atoms with van der Waals surface area (Å²) < 4.78 is 18.0. The largest absolute Gasteiger partial charge is 0.468 e. The van der Waals surface area contributed by atoms with Gasteiger partial charge in [0.2, 0.25) is 0 Å². The Labute approximate surface area is 101 Å². The van der Waals surface area contributed by atoms with Crippen molar-refractivity contribution in [3.63, 3.8) is 0 Å². The van der Waals surface area contributed by atoms with Gasteiger partial charge in [-0.15, -0.1) is 0 Å². The minimum Gasteiger partial charge on any atom is -0.468 e.